The number of rotatable bonds is 4. The molecular weight excluding hydrogens is 241 g/mol. The number of likely N-dealkylation sites (N-methyl/N-ethyl adjacent to an activating group) is 2. The minimum absolute atomic E-state index is 0.0526. The molecule has 1 heterocycles. The molecular formula is C15H24FN3. The lowest BCUT2D eigenvalue weighted by molar-refractivity contribution is 0.0973. The first-order chi connectivity index (χ1) is 9.11. The molecule has 0 aliphatic carbocycles. The topological polar surface area (TPSA) is 18.5 Å². The van der Waals surface area contributed by atoms with Crippen LogP contribution in [0.25, 0.3) is 0 Å². The Morgan fingerprint density at radius 2 is 2.11 bits per heavy atom. The number of hydrogen-bond donors (Lipinski definition) is 1. The Bertz CT molecular complexity index is 410. The lowest BCUT2D eigenvalue weighted by atomic mass is 10.0. The van der Waals surface area contributed by atoms with Gasteiger partial charge in [-0.15, -0.1) is 0 Å². The molecule has 2 unspecified atom stereocenters. The van der Waals surface area contributed by atoms with Gasteiger partial charge in [0.05, 0.1) is 0 Å². The average molecular weight is 265 g/mol. The lowest BCUT2D eigenvalue weighted by Crippen LogP contribution is -2.51. The Labute approximate surface area is 115 Å². The molecule has 2 rings (SSSR count). The van der Waals surface area contributed by atoms with E-state index in [0.717, 1.165) is 31.7 Å². The van der Waals surface area contributed by atoms with Crippen LogP contribution < -0.4 is 5.32 Å². The monoisotopic (exact) mass is 265 g/mol. The number of halogens is 1. The molecule has 0 amide bonds. The van der Waals surface area contributed by atoms with E-state index in [1.165, 1.54) is 6.07 Å². The van der Waals surface area contributed by atoms with Gasteiger partial charge in [-0.05, 0) is 27.1 Å². The van der Waals surface area contributed by atoms with Crippen molar-refractivity contribution >= 4 is 0 Å². The number of nitrogens with one attached hydrogen (secondary N) is 1. The molecule has 1 aromatic rings. The van der Waals surface area contributed by atoms with Gasteiger partial charge >= 0.3 is 0 Å². The maximum atomic E-state index is 13.9. The Kier molecular flexibility index (Phi) is 4.91. The van der Waals surface area contributed by atoms with Crippen LogP contribution in [0.1, 0.15) is 18.5 Å². The Morgan fingerprint density at radius 1 is 1.37 bits per heavy atom. The first-order valence-electron chi connectivity index (χ1n) is 6.96. The molecule has 1 aliphatic heterocycles. The number of benzene rings is 1. The molecule has 0 spiro atoms. The quantitative estimate of drug-likeness (QED) is 0.894. The second-order valence-electron chi connectivity index (χ2n) is 5.45. The minimum Gasteiger partial charge on any atom is -0.312 e. The first kappa shape index (κ1) is 14.4. The molecule has 106 valence electrons. The van der Waals surface area contributed by atoms with E-state index in [4.69, 9.17) is 0 Å². The summed E-state index contributed by atoms with van der Waals surface area (Å²) in [6.45, 7) is 6.27. The highest BCUT2D eigenvalue weighted by Gasteiger charge is 2.24. The lowest BCUT2D eigenvalue weighted by Gasteiger charge is -2.39. The van der Waals surface area contributed by atoms with Crippen LogP contribution in [-0.4, -0.2) is 56.1 Å². The van der Waals surface area contributed by atoms with Gasteiger partial charge in [0.15, 0.2) is 0 Å². The van der Waals surface area contributed by atoms with E-state index in [2.05, 4.69) is 29.1 Å². The summed E-state index contributed by atoms with van der Waals surface area (Å²) in [5.74, 6) is -0.121. The van der Waals surface area contributed by atoms with Crippen molar-refractivity contribution in [2.75, 3.05) is 40.3 Å². The van der Waals surface area contributed by atoms with Crippen molar-refractivity contribution in [2.45, 2.75) is 19.0 Å². The molecule has 0 saturated carbocycles. The smallest absolute Gasteiger partial charge is 0.128 e. The van der Waals surface area contributed by atoms with Gasteiger partial charge in [0.25, 0.3) is 0 Å². The van der Waals surface area contributed by atoms with E-state index in [1.54, 1.807) is 6.07 Å². The fraction of sp³-hybridized carbons (Fsp3) is 0.600. The van der Waals surface area contributed by atoms with Crippen LogP contribution in [-0.2, 0) is 0 Å². The molecule has 2 atom stereocenters. The Morgan fingerprint density at radius 3 is 2.74 bits per heavy atom. The molecule has 1 N–H and O–H groups in total. The summed E-state index contributed by atoms with van der Waals surface area (Å²) >= 11 is 0. The van der Waals surface area contributed by atoms with E-state index in [1.807, 2.05) is 19.2 Å². The van der Waals surface area contributed by atoms with E-state index >= 15 is 0 Å². The van der Waals surface area contributed by atoms with Crippen molar-refractivity contribution in [1.29, 1.82) is 0 Å². The molecule has 0 aromatic heterocycles. The largest absolute Gasteiger partial charge is 0.312 e. The van der Waals surface area contributed by atoms with Gasteiger partial charge in [-0.2, -0.15) is 0 Å². The number of hydrogen-bond acceptors (Lipinski definition) is 3. The van der Waals surface area contributed by atoms with Crippen LogP contribution in [0.5, 0.6) is 0 Å². The number of piperazine rings is 1. The predicted molar refractivity (Wildman–Crippen MR) is 76.7 cm³/mol. The van der Waals surface area contributed by atoms with Crippen LogP contribution in [0.15, 0.2) is 24.3 Å². The third kappa shape index (κ3) is 3.53. The van der Waals surface area contributed by atoms with E-state index in [0.29, 0.717) is 6.04 Å². The third-order valence-electron chi connectivity index (χ3n) is 4.11. The van der Waals surface area contributed by atoms with Crippen molar-refractivity contribution in [2.24, 2.45) is 0 Å². The summed E-state index contributed by atoms with van der Waals surface area (Å²) < 4.78 is 13.9. The van der Waals surface area contributed by atoms with Crippen LogP contribution >= 0.6 is 0 Å². The molecule has 19 heavy (non-hydrogen) atoms. The van der Waals surface area contributed by atoms with E-state index in [9.17, 15) is 4.39 Å². The van der Waals surface area contributed by atoms with E-state index in [-0.39, 0.29) is 11.9 Å². The minimum atomic E-state index is -0.121. The SMILES string of the molecule is CNC(CN1CCN(C)C(C)C1)c1ccccc1F. The van der Waals surface area contributed by atoms with Crippen molar-refractivity contribution in [3.63, 3.8) is 0 Å². The summed E-state index contributed by atoms with van der Waals surface area (Å²) in [5, 5.41) is 3.24. The molecule has 1 fully saturated rings. The highest BCUT2D eigenvalue weighted by Crippen LogP contribution is 2.19. The molecule has 1 saturated heterocycles. The van der Waals surface area contributed by atoms with Gasteiger partial charge in [0, 0.05) is 43.8 Å². The summed E-state index contributed by atoms with van der Waals surface area (Å²) in [4.78, 5) is 4.78. The molecule has 3 nitrogen and oxygen atoms in total. The van der Waals surface area contributed by atoms with Gasteiger partial charge < -0.3 is 10.2 Å². The van der Waals surface area contributed by atoms with Crippen LogP contribution in [0, 0.1) is 5.82 Å². The highest BCUT2D eigenvalue weighted by atomic mass is 19.1. The fourth-order valence-electron chi connectivity index (χ4n) is 2.65. The number of nitrogens with zero attached hydrogens (tertiary/aromatic N) is 2. The maximum Gasteiger partial charge on any atom is 0.128 e. The van der Waals surface area contributed by atoms with Crippen molar-refractivity contribution < 1.29 is 4.39 Å². The van der Waals surface area contributed by atoms with Crippen molar-refractivity contribution in [3.05, 3.63) is 35.6 Å². The van der Waals surface area contributed by atoms with Gasteiger partial charge in [0.2, 0.25) is 0 Å². The van der Waals surface area contributed by atoms with E-state index < -0.39 is 0 Å². The zero-order valence-electron chi connectivity index (χ0n) is 12.1. The molecule has 1 aromatic carbocycles. The summed E-state index contributed by atoms with van der Waals surface area (Å²) in [6.07, 6.45) is 0. The van der Waals surface area contributed by atoms with Crippen molar-refractivity contribution in [1.82, 2.24) is 15.1 Å². The summed E-state index contributed by atoms with van der Waals surface area (Å²) in [7, 11) is 4.06. The highest BCUT2D eigenvalue weighted by molar-refractivity contribution is 5.21. The summed E-state index contributed by atoms with van der Waals surface area (Å²) in [5.41, 5.74) is 0.761. The fourth-order valence-corrected chi connectivity index (χ4v) is 2.65. The Hall–Kier alpha value is -0.970. The maximum absolute atomic E-state index is 13.9. The third-order valence-corrected chi connectivity index (χ3v) is 4.11. The van der Waals surface area contributed by atoms with Gasteiger partial charge in [0.1, 0.15) is 5.82 Å². The molecule has 1 aliphatic rings. The zero-order valence-corrected chi connectivity index (χ0v) is 12.1. The second-order valence-corrected chi connectivity index (χ2v) is 5.45. The van der Waals surface area contributed by atoms with Gasteiger partial charge in [-0.25, -0.2) is 4.39 Å². The molecule has 0 bridgehead atoms. The molecule has 4 heteroatoms. The average Bonchev–Trinajstić information content (AvgIpc) is 2.41. The van der Waals surface area contributed by atoms with Crippen LogP contribution in [0.3, 0.4) is 0 Å². The Balaban J connectivity index is 2.02. The first-order valence-corrected chi connectivity index (χ1v) is 6.96. The normalized spacial score (nSPS) is 23.5. The van der Waals surface area contributed by atoms with Crippen molar-refractivity contribution in [3.8, 4) is 0 Å². The molecule has 0 radical (unpaired) electrons. The van der Waals surface area contributed by atoms with Crippen LogP contribution in [0.2, 0.25) is 0 Å². The van der Waals surface area contributed by atoms with Gasteiger partial charge in [-0.1, -0.05) is 18.2 Å². The summed E-state index contributed by atoms with van der Waals surface area (Å²) in [6, 6.07) is 7.66. The standard InChI is InChI=1S/C15H24FN3/c1-12-10-19(9-8-18(12)3)11-15(17-2)13-6-4-5-7-14(13)16/h4-7,12,15,17H,8-11H2,1-3H3. The zero-order chi connectivity index (χ0) is 13.8. The van der Waals surface area contributed by atoms with Crippen LogP contribution in [0.4, 0.5) is 4.39 Å². The van der Waals surface area contributed by atoms with Gasteiger partial charge in [-0.3, -0.25) is 4.90 Å². The second kappa shape index (κ2) is 6.46. The predicted octanol–water partition coefficient (Wildman–Crippen LogP) is 1.72.